The van der Waals surface area contributed by atoms with Crippen LogP contribution >= 0.6 is 11.8 Å². The maximum atomic E-state index is 5.73. The molecule has 5 nitrogen and oxygen atoms in total. The third-order valence-electron chi connectivity index (χ3n) is 2.87. The van der Waals surface area contributed by atoms with Crippen LogP contribution in [0.3, 0.4) is 0 Å². The van der Waals surface area contributed by atoms with E-state index in [0.29, 0.717) is 16.7 Å². The number of nitrogens with zero attached hydrogens (tertiary/aromatic N) is 3. The number of ether oxygens (including phenoxy) is 1. The summed E-state index contributed by atoms with van der Waals surface area (Å²) in [5, 5.41) is 1.44. The van der Waals surface area contributed by atoms with Gasteiger partial charge in [0.25, 0.3) is 0 Å². The fraction of sp³-hybridized carbons (Fsp3) is 0.308. The number of nitrogens with two attached hydrogens (primary N) is 1. The highest BCUT2D eigenvalue weighted by Crippen LogP contribution is 2.28. The van der Waals surface area contributed by atoms with E-state index in [1.54, 1.807) is 13.2 Å². The second kappa shape index (κ2) is 5.44. The van der Waals surface area contributed by atoms with E-state index in [9.17, 15) is 0 Å². The summed E-state index contributed by atoms with van der Waals surface area (Å²) in [7, 11) is 1.55. The van der Waals surface area contributed by atoms with Gasteiger partial charge in [-0.2, -0.15) is 0 Å². The van der Waals surface area contributed by atoms with Crippen molar-refractivity contribution in [3.05, 3.63) is 29.1 Å². The average molecular weight is 276 g/mol. The molecule has 100 valence electrons. The first kappa shape index (κ1) is 13.6. The van der Waals surface area contributed by atoms with Crippen molar-refractivity contribution in [1.29, 1.82) is 0 Å². The molecule has 2 aromatic heterocycles. The summed E-state index contributed by atoms with van der Waals surface area (Å²) in [6.45, 7) is 5.97. The minimum Gasteiger partial charge on any atom is -0.480 e. The summed E-state index contributed by atoms with van der Waals surface area (Å²) >= 11 is 1.39. The maximum absolute atomic E-state index is 5.73. The Morgan fingerprint density at radius 2 is 1.68 bits per heavy atom. The van der Waals surface area contributed by atoms with Crippen LogP contribution in [-0.2, 0) is 0 Å². The molecule has 0 unspecified atom stereocenters. The molecule has 0 radical (unpaired) electrons. The molecule has 0 aliphatic rings. The minimum atomic E-state index is 0.422. The van der Waals surface area contributed by atoms with Crippen LogP contribution < -0.4 is 10.5 Å². The molecule has 0 amide bonds. The van der Waals surface area contributed by atoms with Gasteiger partial charge in [0.05, 0.1) is 12.8 Å². The second-order valence-corrected chi connectivity index (χ2v) is 5.14. The fourth-order valence-corrected chi connectivity index (χ4v) is 2.35. The molecule has 0 saturated heterocycles. The Morgan fingerprint density at radius 1 is 1.05 bits per heavy atom. The Morgan fingerprint density at radius 3 is 2.26 bits per heavy atom. The van der Waals surface area contributed by atoms with E-state index < -0.39 is 0 Å². The van der Waals surface area contributed by atoms with Gasteiger partial charge in [0.15, 0.2) is 5.16 Å². The molecule has 0 spiro atoms. The van der Waals surface area contributed by atoms with E-state index in [2.05, 4.69) is 15.0 Å². The quantitative estimate of drug-likeness (QED) is 0.868. The Kier molecular flexibility index (Phi) is 3.90. The van der Waals surface area contributed by atoms with E-state index in [1.807, 2.05) is 26.8 Å². The van der Waals surface area contributed by atoms with Crippen LogP contribution in [0.5, 0.6) is 5.88 Å². The van der Waals surface area contributed by atoms with Gasteiger partial charge in [-0.05, 0) is 50.2 Å². The third kappa shape index (κ3) is 2.96. The van der Waals surface area contributed by atoms with Gasteiger partial charge in [-0.1, -0.05) is 0 Å². The maximum Gasteiger partial charge on any atom is 0.237 e. The number of rotatable bonds is 3. The highest BCUT2D eigenvalue weighted by Gasteiger charge is 2.09. The summed E-state index contributed by atoms with van der Waals surface area (Å²) in [5.41, 5.74) is 9.34. The summed E-state index contributed by atoms with van der Waals surface area (Å²) in [6, 6.07) is 3.60. The molecule has 2 aromatic rings. The lowest BCUT2D eigenvalue weighted by molar-refractivity contribution is 0.397. The molecule has 0 atom stereocenters. The Labute approximate surface area is 116 Å². The molecule has 0 aliphatic heterocycles. The largest absolute Gasteiger partial charge is 0.480 e. The zero-order valence-corrected chi connectivity index (χ0v) is 12.2. The zero-order chi connectivity index (χ0) is 14.0. The van der Waals surface area contributed by atoms with Crippen LogP contribution in [-0.4, -0.2) is 22.1 Å². The standard InChI is InChI=1S/C13H16N4OS/c1-7-8(2)15-13(16-9(7)3)19-11-6-5-10(14)12(17-11)18-4/h5-6H,14H2,1-4H3. The van der Waals surface area contributed by atoms with E-state index >= 15 is 0 Å². The smallest absolute Gasteiger partial charge is 0.237 e. The van der Waals surface area contributed by atoms with Crippen LogP contribution in [0.15, 0.2) is 22.3 Å². The number of methoxy groups -OCH3 is 1. The van der Waals surface area contributed by atoms with E-state index in [1.165, 1.54) is 11.8 Å². The van der Waals surface area contributed by atoms with Crippen molar-refractivity contribution in [2.75, 3.05) is 12.8 Å². The second-order valence-electron chi connectivity index (χ2n) is 4.15. The van der Waals surface area contributed by atoms with Crippen LogP contribution in [0.25, 0.3) is 0 Å². The van der Waals surface area contributed by atoms with Crippen molar-refractivity contribution >= 4 is 17.4 Å². The van der Waals surface area contributed by atoms with Crippen molar-refractivity contribution in [2.45, 2.75) is 31.0 Å². The SMILES string of the molecule is COc1nc(Sc2nc(C)c(C)c(C)n2)ccc1N. The molecular weight excluding hydrogens is 260 g/mol. The molecule has 0 aliphatic carbocycles. The van der Waals surface area contributed by atoms with Gasteiger partial charge >= 0.3 is 0 Å². The molecule has 2 heterocycles. The van der Waals surface area contributed by atoms with Crippen molar-refractivity contribution in [1.82, 2.24) is 15.0 Å². The number of nitrogen functional groups attached to an aromatic ring is 1. The van der Waals surface area contributed by atoms with Crippen molar-refractivity contribution in [3.63, 3.8) is 0 Å². The van der Waals surface area contributed by atoms with Crippen molar-refractivity contribution < 1.29 is 4.74 Å². The topological polar surface area (TPSA) is 73.9 Å². The van der Waals surface area contributed by atoms with Crippen LogP contribution in [0.2, 0.25) is 0 Å². The number of anilines is 1. The third-order valence-corrected chi connectivity index (χ3v) is 3.67. The Balaban J connectivity index is 2.31. The fourth-order valence-electron chi connectivity index (χ4n) is 1.54. The van der Waals surface area contributed by atoms with Gasteiger partial charge in [0.1, 0.15) is 5.03 Å². The van der Waals surface area contributed by atoms with Crippen molar-refractivity contribution in [3.8, 4) is 5.88 Å². The van der Waals surface area contributed by atoms with Gasteiger partial charge in [-0.3, -0.25) is 0 Å². The lowest BCUT2D eigenvalue weighted by Crippen LogP contribution is -1.99. The summed E-state index contributed by atoms with van der Waals surface area (Å²) < 4.78 is 5.10. The number of hydrogen-bond acceptors (Lipinski definition) is 6. The van der Waals surface area contributed by atoms with Crippen LogP contribution in [0.1, 0.15) is 17.0 Å². The normalized spacial score (nSPS) is 10.5. The molecule has 19 heavy (non-hydrogen) atoms. The zero-order valence-electron chi connectivity index (χ0n) is 11.4. The Bertz CT molecular complexity index is 593. The number of pyridine rings is 1. The molecule has 2 N–H and O–H groups in total. The summed E-state index contributed by atoms with van der Waals surface area (Å²) in [6.07, 6.45) is 0. The molecule has 0 aromatic carbocycles. The van der Waals surface area contributed by atoms with Crippen molar-refractivity contribution in [2.24, 2.45) is 0 Å². The summed E-state index contributed by atoms with van der Waals surface area (Å²) in [4.78, 5) is 13.2. The first-order chi connectivity index (χ1) is 9.01. The Hall–Kier alpha value is -1.82. The van der Waals surface area contributed by atoms with E-state index in [4.69, 9.17) is 10.5 Å². The number of aryl methyl sites for hydroxylation is 2. The first-order valence-corrected chi connectivity index (χ1v) is 6.63. The highest BCUT2D eigenvalue weighted by molar-refractivity contribution is 7.99. The lowest BCUT2D eigenvalue weighted by atomic mass is 10.2. The molecule has 0 saturated carbocycles. The summed E-state index contributed by atoms with van der Waals surface area (Å²) in [5.74, 6) is 0.422. The molecule has 0 bridgehead atoms. The number of hydrogen-bond donors (Lipinski definition) is 1. The van der Waals surface area contributed by atoms with Gasteiger partial charge in [0, 0.05) is 11.4 Å². The van der Waals surface area contributed by atoms with Gasteiger partial charge < -0.3 is 10.5 Å². The van der Waals surface area contributed by atoms with E-state index in [0.717, 1.165) is 22.0 Å². The predicted octanol–water partition coefficient (Wildman–Crippen LogP) is 2.54. The van der Waals surface area contributed by atoms with Gasteiger partial charge in [-0.25, -0.2) is 15.0 Å². The molecule has 0 fully saturated rings. The number of aromatic nitrogens is 3. The lowest BCUT2D eigenvalue weighted by Gasteiger charge is -2.08. The van der Waals surface area contributed by atoms with Crippen LogP contribution in [0.4, 0.5) is 5.69 Å². The van der Waals surface area contributed by atoms with Gasteiger partial charge in [-0.15, -0.1) is 0 Å². The van der Waals surface area contributed by atoms with E-state index in [-0.39, 0.29) is 0 Å². The monoisotopic (exact) mass is 276 g/mol. The highest BCUT2D eigenvalue weighted by atomic mass is 32.2. The van der Waals surface area contributed by atoms with Crippen LogP contribution in [0, 0.1) is 20.8 Å². The predicted molar refractivity (Wildman–Crippen MR) is 75.6 cm³/mol. The van der Waals surface area contributed by atoms with Gasteiger partial charge in [0.2, 0.25) is 5.88 Å². The molecular formula is C13H16N4OS. The molecule has 2 rings (SSSR count). The molecule has 6 heteroatoms. The minimum absolute atomic E-state index is 0.422. The first-order valence-electron chi connectivity index (χ1n) is 5.81. The average Bonchev–Trinajstić information content (AvgIpc) is 2.38.